The van der Waals surface area contributed by atoms with Crippen LogP contribution in [0.4, 0.5) is 0 Å². The Hall–Kier alpha value is -2.31. The summed E-state index contributed by atoms with van der Waals surface area (Å²) in [6.07, 6.45) is 1.14. The van der Waals surface area contributed by atoms with E-state index in [1.165, 1.54) is 0 Å². The van der Waals surface area contributed by atoms with Crippen molar-refractivity contribution in [2.75, 3.05) is 19.9 Å². The summed E-state index contributed by atoms with van der Waals surface area (Å²) < 4.78 is 16.1. The summed E-state index contributed by atoms with van der Waals surface area (Å²) >= 11 is 0. The first-order valence-electron chi connectivity index (χ1n) is 7.12. The van der Waals surface area contributed by atoms with E-state index in [1.807, 2.05) is 18.2 Å². The number of benzene rings is 1. The number of hydrogen-bond donors (Lipinski definition) is 2. The Morgan fingerprint density at radius 3 is 3.00 bits per heavy atom. The third kappa shape index (κ3) is 3.87. The van der Waals surface area contributed by atoms with E-state index in [1.54, 1.807) is 24.4 Å². The summed E-state index contributed by atoms with van der Waals surface area (Å²) in [5.74, 6) is 2.03. The molecule has 0 saturated carbocycles. The van der Waals surface area contributed by atoms with Gasteiger partial charge in [-0.3, -0.25) is 4.98 Å². The van der Waals surface area contributed by atoms with Crippen LogP contribution in [0.5, 0.6) is 17.2 Å². The molecule has 22 heavy (non-hydrogen) atoms. The highest BCUT2D eigenvalue weighted by Gasteiger charge is 2.14. The van der Waals surface area contributed by atoms with Crippen LogP contribution in [-0.4, -0.2) is 36.1 Å². The van der Waals surface area contributed by atoms with Crippen molar-refractivity contribution in [1.29, 1.82) is 0 Å². The minimum absolute atomic E-state index is 0.203. The molecule has 0 saturated heterocycles. The van der Waals surface area contributed by atoms with Gasteiger partial charge in [0, 0.05) is 25.4 Å². The first kappa shape index (κ1) is 14.6. The van der Waals surface area contributed by atoms with Crippen LogP contribution in [0.15, 0.2) is 42.6 Å². The zero-order valence-electron chi connectivity index (χ0n) is 12.1. The number of pyridine rings is 1. The van der Waals surface area contributed by atoms with Gasteiger partial charge in [-0.25, -0.2) is 0 Å². The number of nitrogens with zero attached hydrogens (tertiary/aromatic N) is 1. The van der Waals surface area contributed by atoms with E-state index in [0.29, 0.717) is 30.3 Å². The summed E-state index contributed by atoms with van der Waals surface area (Å²) in [6, 6.07) is 11.1. The van der Waals surface area contributed by atoms with Gasteiger partial charge < -0.3 is 24.6 Å². The van der Waals surface area contributed by atoms with Crippen LogP contribution in [0, 0.1) is 0 Å². The summed E-state index contributed by atoms with van der Waals surface area (Å²) in [6.45, 7) is 1.48. The molecule has 2 aromatic rings. The molecule has 1 atom stereocenters. The Labute approximate surface area is 128 Å². The van der Waals surface area contributed by atoms with Gasteiger partial charge in [0.15, 0.2) is 11.5 Å². The SMILES string of the molecule is O[C@H](CNCc1ccccn1)COc1ccc2c(c1)OCO2. The van der Waals surface area contributed by atoms with Gasteiger partial charge in [-0.15, -0.1) is 0 Å². The van der Waals surface area contributed by atoms with Gasteiger partial charge in [0.25, 0.3) is 0 Å². The molecule has 116 valence electrons. The predicted octanol–water partition coefficient (Wildman–Crippen LogP) is 1.34. The van der Waals surface area contributed by atoms with Crippen LogP contribution in [-0.2, 0) is 6.54 Å². The molecule has 6 heteroatoms. The second-order valence-electron chi connectivity index (χ2n) is 4.93. The topological polar surface area (TPSA) is 72.8 Å². The molecule has 0 bridgehead atoms. The first-order valence-corrected chi connectivity index (χ1v) is 7.12. The maximum atomic E-state index is 9.92. The quantitative estimate of drug-likeness (QED) is 0.804. The zero-order valence-corrected chi connectivity index (χ0v) is 12.1. The molecule has 1 aromatic carbocycles. The lowest BCUT2D eigenvalue weighted by molar-refractivity contribution is 0.106. The van der Waals surface area contributed by atoms with Gasteiger partial charge in [0.05, 0.1) is 5.69 Å². The molecule has 1 aliphatic rings. The third-order valence-corrected chi connectivity index (χ3v) is 3.20. The predicted molar refractivity (Wildman–Crippen MR) is 80.0 cm³/mol. The fourth-order valence-corrected chi connectivity index (χ4v) is 2.09. The molecule has 6 nitrogen and oxygen atoms in total. The van der Waals surface area contributed by atoms with Crippen molar-refractivity contribution in [2.45, 2.75) is 12.6 Å². The Kier molecular flexibility index (Phi) is 4.72. The first-order chi connectivity index (χ1) is 10.8. The molecule has 2 heterocycles. The molecule has 2 N–H and O–H groups in total. The maximum Gasteiger partial charge on any atom is 0.231 e. The molecular formula is C16H18N2O4. The molecule has 0 radical (unpaired) electrons. The number of ether oxygens (including phenoxy) is 3. The van der Waals surface area contributed by atoms with Crippen LogP contribution >= 0.6 is 0 Å². The van der Waals surface area contributed by atoms with E-state index in [-0.39, 0.29) is 13.4 Å². The second-order valence-corrected chi connectivity index (χ2v) is 4.93. The standard InChI is InChI=1S/C16H18N2O4/c19-13(9-17-8-12-3-1-2-6-18-12)10-20-14-4-5-15-16(7-14)22-11-21-15/h1-7,13,17,19H,8-11H2/t13-/m1/s1. The van der Waals surface area contributed by atoms with Crippen molar-refractivity contribution in [3.8, 4) is 17.2 Å². The van der Waals surface area contributed by atoms with E-state index in [0.717, 1.165) is 5.69 Å². The smallest absolute Gasteiger partial charge is 0.231 e. The van der Waals surface area contributed by atoms with Gasteiger partial charge >= 0.3 is 0 Å². The van der Waals surface area contributed by atoms with E-state index < -0.39 is 6.10 Å². The van der Waals surface area contributed by atoms with Crippen molar-refractivity contribution in [3.63, 3.8) is 0 Å². The highest BCUT2D eigenvalue weighted by Crippen LogP contribution is 2.35. The average Bonchev–Trinajstić information content (AvgIpc) is 3.01. The fraction of sp³-hybridized carbons (Fsp3) is 0.312. The lowest BCUT2D eigenvalue weighted by Gasteiger charge is -2.13. The third-order valence-electron chi connectivity index (χ3n) is 3.20. The van der Waals surface area contributed by atoms with E-state index in [2.05, 4.69) is 10.3 Å². The Bertz CT molecular complexity index is 606. The molecule has 0 spiro atoms. The molecule has 0 amide bonds. The lowest BCUT2D eigenvalue weighted by atomic mass is 10.3. The Balaban J connectivity index is 1.40. The van der Waals surface area contributed by atoms with E-state index in [9.17, 15) is 5.11 Å². The normalized spacial score (nSPS) is 13.9. The highest BCUT2D eigenvalue weighted by molar-refractivity contribution is 5.46. The van der Waals surface area contributed by atoms with Gasteiger partial charge in [0.1, 0.15) is 18.5 Å². The van der Waals surface area contributed by atoms with Crippen molar-refractivity contribution in [3.05, 3.63) is 48.3 Å². The minimum atomic E-state index is -0.603. The molecule has 3 rings (SSSR count). The van der Waals surface area contributed by atoms with Crippen LogP contribution in [0.2, 0.25) is 0 Å². The second kappa shape index (κ2) is 7.11. The van der Waals surface area contributed by atoms with Crippen molar-refractivity contribution in [2.24, 2.45) is 0 Å². The zero-order chi connectivity index (χ0) is 15.2. The van der Waals surface area contributed by atoms with Crippen LogP contribution < -0.4 is 19.5 Å². The van der Waals surface area contributed by atoms with Gasteiger partial charge in [-0.1, -0.05) is 6.07 Å². The maximum absolute atomic E-state index is 9.92. The number of aliphatic hydroxyl groups excluding tert-OH is 1. The monoisotopic (exact) mass is 302 g/mol. The van der Waals surface area contributed by atoms with Crippen molar-refractivity contribution >= 4 is 0 Å². The Morgan fingerprint density at radius 1 is 1.23 bits per heavy atom. The Morgan fingerprint density at radius 2 is 2.14 bits per heavy atom. The fourth-order valence-electron chi connectivity index (χ4n) is 2.09. The lowest BCUT2D eigenvalue weighted by Crippen LogP contribution is -2.31. The summed E-state index contributed by atoms with van der Waals surface area (Å²) in [5, 5.41) is 13.1. The molecule has 0 unspecified atom stereocenters. The van der Waals surface area contributed by atoms with Crippen LogP contribution in [0.1, 0.15) is 5.69 Å². The number of rotatable bonds is 7. The number of aromatic nitrogens is 1. The number of fused-ring (bicyclic) bond motifs is 1. The van der Waals surface area contributed by atoms with E-state index in [4.69, 9.17) is 14.2 Å². The van der Waals surface area contributed by atoms with Gasteiger partial charge in [-0.2, -0.15) is 0 Å². The summed E-state index contributed by atoms with van der Waals surface area (Å²) in [5.41, 5.74) is 0.936. The molecule has 1 aromatic heterocycles. The van der Waals surface area contributed by atoms with Gasteiger partial charge in [-0.05, 0) is 24.3 Å². The summed E-state index contributed by atoms with van der Waals surface area (Å²) in [4.78, 5) is 4.20. The van der Waals surface area contributed by atoms with Crippen molar-refractivity contribution in [1.82, 2.24) is 10.3 Å². The number of hydrogen-bond acceptors (Lipinski definition) is 6. The molecule has 0 fully saturated rings. The van der Waals surface area contributed by atoms with Gasteiger partial charge in [0.2, 0.25) is 6.79 Å². The highest BCUT2D eigenvalue weighted by atomic mass is 16.7. The minimum Gasteiger partial charge on any atom is -0.491 e. The number of aliphatic hydroxyl groups is 1. The van der Waals surface area contributed by atoms with Crippen LogP contribution in [0.3, 0.4) is 0 Å². The van der Waals surface area contributed by atoms with E-state index >= 15 is 0 Å². The number of nitrogens with one attached hydrogen (secondary N) is 1. The average molecular weight is 302 g/mol. The largest absolute Gasteiger partial charge is 0.491 e. The van der Waals surface area contributed by atoms with Crippen molar-refractivity contribution < 1.29 is 19.3 Å². The molecular weight excluding hydrogens is 284 g/mol. The van der Waals surface area contributed by atoms with Crippen LogP contribution in [0.25, 0.3) is 0 Å². The molecule has 1 aliphatic heterocycles. The molecule has 0 aliphatic carbocycles. The summed E-state index contributed by atoms with van der Waals surface area (Å²) in [7, 11) is 0.